The number of ether oxygens (including phenoxy) is 1. The standard InChI is InChI=1S/C14H22N2O5/c1-13(2,3)21-12(20)15-9(11(18)19)6-8-7-14(4-5-14)16-10(8)17/h8-9H,4-7H2,1-3H3,(H,15,20)(H,16,17)(H,18,19)/t8-,9-/m0/s1. The van der Waals surface area contributed by atoms with Crippen LogP contribution >= 0.6 is 0 Å². The van der Waals surface area contributed by atoms with Gasteiger partial charge in [0, 0.05) is 11.5 Å². The number of nitrogens with one attached hydrogen (secondary N) is 2. The highest BCUT2D eigenvalue weighted by Gasteiger charge is 2.52. The summed E-state index contributed by atoms with van der Waals surface area (Å²) in [5, 5.41) is 14.5. The summed E-state index contributed by atoms with van der Waals surface area (Å²) in [6.45, 7) is 5.09. The first-order valence-electron chi connectivity index (χ1n) is 7.15. The van der Waals surface area contributed by atoms with Crippen molar-refractivity contribution in [3.63, 3.8) is 0 Å². The van der Waals surface area contributed by atoms with E-state index in [-0.39, 0.29) is 23.8 Å². The summed E-state index contributed by atoms with van der Waals surface area (Å²) < 4.78 is 5.05. The van der Waals surface area contributed by atoms with Crippen LogP contribution in [0.3, 0.4) is 0 Å². The largest absolute Gasteiger partial charge is 0.480 e. The molecule has 2 amide bonds. The molecule has 1 heterocycles. The van der Waals surface area contributed by atoms with Crippen molar-refractivity contribution in [3.05, 3.63) is 0 Å². The summed E-state index contributed by atoms with van der Waals surface area (Å²) >= 11 is 0. The molecule has 0 aromatic carbocycles. The van der Waals surface area contributed by atoms with Crippen molar-refractivity contribution >= 4 is 18.0 Å². The molecule has 2 rings (SSSR count). The van der Waals surface area contributed by atoms with Gasteiger partial charge >= 0.3 is 12.1 Å². The van der Waals surface area contributed by atoms with Gasteiger partial charge in [-0.25, -0.2) is 9.59 Å². The van der Waals surface area contributed by atoms with Gasteiger partial charge in [-0.2, -0.15) is 0 Å². The van der Waals surface area contributed by atoms with Crippen LogP contribution in [-0.2, 0) is 14.3 Å². The van der Waals surface area contributed by atoms with Crippen LogP contribution in [-0.4, -0.2) is 40.3 Å². The van der Waals surface area contributed by atoms with Gasteiger partial charge in [-0.15, -0.1) is 0 Å². The summed E-state index contributed by atoms with van der Waals surface area (Å²) in [4.78, 5) is 34.8. The Labute approximate surface area is 123 Å². The molecule has 1 saturated heterocycles. The van der Waals surface area contributed by atoms with E-state index in [9.17, 15) is 19.5 Å². The van der Waals surface area contributed by atoms with Gasteiger partial charge in [0.25, 0.3) is 0 Å². The number of hydrogen-bond acceptors (Lipinski definition) is 4. The van der Waals surface area contributed by atoms with Crippen molar-refractivity contribution in [1.29, 1.82) is 0 Å². The summed E-state index contributed by atoms with van der Waals surface area (Å²) in [6.07, 6.45) is 1.85. The maximum absolute atomic E-state index is 11.9. The van der Waals surface area contributed by atoms with Crippen molar-refractivity contribution in [2.45, 2.75) is 63.6 Å². The second-order valence-electron chi connectivity index (χ2n) is 6.94. The van der Waals surface area contributed by atoms with Crippen molar-refractivity contribution in [2.75, 3.05) is 0 Å². The number of carbonyl (C=O) groups is 3. The molecule has 2 aliphatic rings. The second kappa shape index (κ2) is 5.20. The molecule has 0 radical (unpaired) electrons. The van der Waals surface area contributed by atoms with E-state index in [2.05, 4.69) is 10.6 Å². The van der Waals surface area contributed by atoms with Gasteiger partial charge in [0.05, 0.1) is 0 Å². The average molecular weight is 298 g/mol. The topological polar surface area (TPSA) is 105 Å². The van der Waals surface area contributed by atoms with E-state index in [0.29, 0.717) is 6.42 Å². The highest BCUT2D eigenvalue weighted by atomic mass is 16.6. The molecule has 7 heteroatoms. The van der Waals surface area contributed by atoms with Crippen LogP contribution in [0.5, 0.6) is 0 Å². The number of aliphatic carboxylic acids is 1. The van der Waals surface area contributed by atoms with E-state index in [1.54, 1.807) is 20.8 Å². The highest BCUT2D eigenvalue weighted by Crippen LogP contribution is 2.46. The first-order chi connectivity index (χ1) is 9.60. The third-order valence-corrected chi connectivity index (χ3v) is 3.76. The molecular formula is C14H22N2O5. The first kappa shape index (κ1) is 15.6. The molecule has 2 atom stereocenters. The Morgan fingerprint density at radius 1 is 1.48 bits per heavy atom. The van der Waals surface area contributed by atoms with Gasteiger partial charge in [0.2, 0.25) is 5.91 Å². The summed E-state index contributed by atoms with van der Waals surface area (Å²) in [5.41, 5.74) is -0.799. The Morgan fingerprint density at radius 3 is 2.52 bits per heavy atom. The van der Waals surface area contributed by atoms with Gasteiger partial charge in [-0.3, -0.25) is 4.79 Å². The van der Waals surface area contributed by atoms with Crippen molar-refractivity contribution in [1.82, 2.24) is 10.6 Å². The maximum atomic E-state index is 11.9. The normalized spacial score (nSPS) is 24.3. The Kier molecular flexibility index (Phi) is 3.86. The Hall–Kier alpha value is -1.79. The number of rotatable bonds is 4. The first-order valence-corrected chi connectivity index (χ1v) is 7.15. The minimum absolute atomic E-state index is 0.0855. The minimum atomic E-state index is -1.16. The van der Waals surface area contributed by atoms with Gasteiger partial charge in [0.1, 0.15) is 11.6 Å². The molecule has 1 saturated carbocycles. The lowest BCUT2D eigenvalue weighted by molar-refractivity contribution is -0.140. The van der Waals surface area contributed by atoms with Gasteiger partial charge < -0.3 is 20.5 Å². The number of alkyl carbamates (subject to hydrolysis) is 1. The molecule has 7 nitrogen and oxygen atoms in total. The van der Waals surface area contributed by atoms with Crippen LogP contribution < -0.4 is 10.6 Å². The summed E-state index contributed by atoms with van der Waals surface area (Å²) in [7, 11) is 0. The van der Waals surface area contributed by atoms with Crippen LogP contribution in [0.1, 0.15) is 46.5 Å². The number of carboxylic acids is 1. The molecule has 21 heavy (non-hydrogen) atoms. The molecule has 2 fully saturated rings. The Bertz CT molecular complexity index is 464. The smallest absolute Gasteiger partial charge is 0.408 e. The van der Waals surface area contributed by atoms with E-state index in [1.807, 2.05) is 0 Å². The predicted octanol–water partition coefficient (Wildman–Crippen LogP) is 1.02. The number of carboxylic acid groups (broad SMARTS) is 1. The third kappa shape index (κ3) is 4.09. The maximum Gasteiger partial charge on any atom is 0.408 e. The quantitative estimate of drug-likeness (QED) is 0.719. The summed E-state index contributed by atoms with van der Waals surface area (Å²) in [5.74, 6) is -1.65. The van der Waals surface area contributed by atoms with Crippen LogP contribution in [0.2, 0.25) is 0 Å². The molecule has 1 aliphatic heterocycles. The zero-order chi connectivity index (χ0) is 15.8. The number of hydrogen-bond donors (Lipinski definition) is 3. The average Bonchev–Trinajstić information content (AvgIpc) is 2.95. The fourth-order valence-electron chi connectivity index (χ4n) is 2.60. The van der Waals surface area contributed by atoms with E-state index < -0.39 is 23.7 Å². The monoisotopic (exact) mass is 298 g/mol. The molecule has 0 aromatic heterocycles. The highest BCUT2D eigenvalue weighted by molar-refractivity contribution is 5.85. The molecular weight excluding hydrogens is 276 g/mol. The fraction of sp³-hybridized carbons (Fsp3) is 0.786. The van der Waals surface area contributed by atoms with E-state index in [4.69, 9.17) is 4.74 Å². The second-order valence-corrected chi connectivity index (χ2v) is 6.94. The lowest BCUT2D eigenvalue weighted by atomic mass is 9.95. The molecule has 118 valence electrons. The zero-order valence-electron chi connectivity index (χ0n) is 12.6. The van der Waals surface area contributed by atoms with Gasteiger partial charge in [-0.05, 0) is 46.5 Å². The molecule has 1 aliphatic carbocycles. The number of carbonyl (C=O) groups excluding carboxylic acids is 2. The van der Waals surface area contributed by atoms with Crippen molar-refractivity contribution in [3.8, 4) is 0 Å². The SMILES string of the molecule is CC(C)(C)OC(=O)N[C@@H](C[C@H]1CC2(CC2)NC1=O)C(=O)O. The molecule has 0 unspecified atom stereocenters. The lowest BCUT2D eigenvalue weighted by Crippen LogP contribution is -2.45. The number of amides is 2. The van der Waals surface area contributed by atoms with Crippen LogP contribution in [0.4, 0.5) is 4.79 Å². The van der Waals surface area contributed by atoms with Crippen LogP contribution in [0.25, 0.3) is 0 Å². The van der Waals surface area contributed by atoms with E-state index in [0.717, 1.165) is 12.8 Å². The Balaban J connectivity index is 1.92. The van der Waals surface area contributed by atoms with Crippen molar-refractivity contribution in [2.24, 2.45) is 5.92 Å². The summed E-state index contributed by atoms with van der Waals surface area (Å²) in [6, 6.07) is -1.12. The van der Waals surface area contributed by atoms with Gasteiger partial charge in [-0.1, -0.05) is 0 Å². The Morgan fingerprint density at radius 2 is 2.10 bits per heavy atom. The molecule has 3 N–H and O–H groups in total. The molecule has 1 spiro atoms. The molecule has 0 bridgehead atoms. The minimum Gasteiger partial charge on any atom is -0.480 e. The third-order valence-electron chi connectivity index (χ3n) is 3.76. The van der Waals surface area contributed by atoms with E-state index in [1.165, 1.54) is 0 Å². The van der Waals surface area contributed by atoms with Crippen LogP contribution in [0.15, 0.2) is 0 Å². The molecule has 0 aromatic rings. The lowest BCUT2D eigenvalue weighted by Gasteiger charge is -2.22. The zero-order valence-corrected chi connectivity index (χ0v) is 12.6. The van der Waals surface area contributed by atoms with Gasteiger partial charge in [0.15, 0.2) is 0 Å². The fourth-order valence-corrected chi connectivity index (χ4v) is 2.60. The van der Waals surface area contributed by atoms with E-state index >= 15 is 0 Å². The van der Waals surface area contributed by atoms with Crippen LogP contribution in [0, 0.1) is 5.92 Å². The van der Waals surface area contributed by atoms with Crippen molar-refractivity contribution < 1.29 is 24.2 Å². The predicted molar refractivity (Wildman–Crippen MR) is 73.6 cm³/mol.